The van der Waals surface area contributed by atoms with Crippen LogP contribution in [0.15, 0.2) is 18.6 Å². The van der Waals surface area contributed by atoms with Crippen molar-refractivity contribution >= 4 is 17.7 Å². The van der Waals surface area contributed by atoms with Gasteiger partial charge in [0.15, 0.2) is 0 Å². The third kappa shape index (κ3) is 3.81. The van der Waals surface area contributed by atoms with Gasteiger partial charge in [0.1, 0.15) is 5.82 Å². The number of aromatic nitrogens is 2. The van der Waals surface area contributed by atoms with Crippen LogP contribution in [0, 0.1) is 5.92 Å². The van der Waals surface area contributed by atoms with Crippen molar-refractivity contribution in [3.63, 3.8) is 0 Å². The quantitative estimate of drug-likeness (QED) is 0.851. The number of anilines is 1. The number of piperidine rings is 1. The highest BCUT2D eigenvalue weighted by atomic mass is 16.5. The third-order valence-electron chi connectivity index (χ3n) is 4.64. The molecule has 130 valence electrons. The second kappa shape index (κ2) is 7.57. The number of carbonyl (C=O) groups is 2. The van der Waals surface area contributed by atoms with Gasteiger partial charge >= 0.3 is 5.97 Å². The van der Waals surface area contributed by atoms with E-state index in [1.165, 1.54) is 0 Å². The van der Waals surface area contributed by atoms with Crippen molar-refractivity contribution in [2.75, 3.05) is 37.7 Å². The molecule has 0 aliphatic carbocycles. The second-order valence-electron chi connectivity index (χ2n) is 6.18. The van der Waals surface area contributed by atoms with Gasteiger partial charge in [0.2, 0.25) is 5.91 Å². The molecule has 8 heteroatoms. The van der Waals surface area contributed by atoms with Gasteiger partial charge in [-0.05, 0) is 12.8 Å². The van der Waals surface area contributed by atoms with Crippen molar-refractivity contribution in [1.82, 2.24) is 14.9 Å². The van der Waals surface area contributed by atoms with Gasteiger partial charge in [-0.2, -0.15) is 0 Å². The number of aliphatic carboxylic acids is 1. The maximum atomic E-state index is 12.8. The van der Waals surface area contributed by atoms with Crippen LogP contribution >= 0.6 is 0 Å². The zero-order valence-corrected chi connectivity index (χ0v) is 13.5. The zero-order chi connectivity index (χ0) is 16.9. The zero-order valence-electron chi connectivity index (χ0n) is 13.5. The van der Waals surface area contributed by atoms with Gasteiger partial charge in [-0.15, -0.1) is 0 Å². The molecule has 1 amide bonds. The van der Waals surface area contributed by atoms with Crippen molar-refractivity contribution in [3.8, 4) is 0 Å². The lowest BCUT2D eigenvalue weighted by molar-refractivity contribution is -0.149. The molecule has 1 atom stereocenters. The molecule has 3 rings (SSSR count). The largest absolute Gasteiger partial charge is 0.481 e. The molecule has 2 fully saturated rings. The Morgan fingerprint density at radius 1 is 1.25 bits per heavy atom. The minimum absolute atomic E-state index is 0.0587. The maximum Gasteiger partial charge on any atom is 0.305 e. The summed E-state index contributed by atoms with van der Waals surface area (Å²) >= 11 is 0. The Morgan fingerprint density at radius 3 is 2.71 bits per heavy atom. The van der Waals surface area contributed by atoms with E-state index in [-0.39, 0.29) is 24.3 Å². The molecular weight excluding hydrogens is 312 g/mol. The van der Waals surface area contributed by atoms with Gasteiger partial charge in [0.25, 0.3) is 0 Å². The molecule has 3 heterocycles. The fourth-order valence-electron chi connectivity index (χ4n) is 3.36. The predicted octanol–water partition coefficient (Wildman–Crippen LogP) is 0.395. The van der Waals surface area contributed by atoms with Crippen molar-refractivity contribution in [2.24, 2.45) is 5.92 Å². The molecule has 1 aromatic heterocycles. The number of hydrogen-bond donors (Lipinski definition) is 1. The van der Waals surface area contributed by atoms with Crippen molar-refractivity contribution < 1.29 is 19.4 Å². The Kier molecular flexibility index (Phi) is 5.24. The molecule has 24 heavy (non-hydrogen) atoms. The lowest BCUT2D eigenvalue weighted by Crippen LogP contribution is -2.53. The van der Waals surface area contributed by atoms with E-state index in [9.17, 15) is 9.59 Å². The number of rotatable bonds is 4. The van der Waals surface area contributed by atoms with Crippen LogP contribution in [0.5, 0.6) is 0 Å². The summed E-state index contributed by atoms with van der Waals surface area (Å²) in [5.41, 5.74) is 0. The highest BCUT2D eigenvalue weighted by Gasteiger charge is 2.34. The van der Waals surface area contributed by atoms with E-state index in [4.69, 9.17) is 9.84 Å². The molecule has 2 aliphatic heterocycles. The number of carboxylic acids is 1. The molecule has 8 nitrogen and oxygen atoms in total. The van der Waals surface area contributed by atoms with E-state index in [0.29, 0.717) is 19.8 Å². The van der Waals surface area contributed by atoms with E-state index < -0.39 is 5.97 Å². The van der Waals surface area contributed by atoms with E-state index in [1.54, 1.807) is 23.5 Å². The van der Waals surface area contributed by atoms with Gasteiger partial charge < -0.3 is 19.6 Å². The van der Waals surface area contributed by atoms with Crippen LogP contribution in [0.2, 0.25) is 0 Å². The van der Waals surface area contributed by atoms with Crippen LogP contribution in [0.25, 0.3) is 0 Å². The number of carbonyl (C=O) groups excluding carboxylic acids is 1. The molecule has 1 N–H and O–H groups in total. The van der Waals surface area contributed by atoms with Gasteiger partial charge in [-0.1, -0.05) is 0 Å². The molecule has 0 spiro atoms. The molecule has 1 unspecified atom stereocenters. The number of ether oxygens (including phenoxy) is 1. The first-order chi connectivity index (χ1) is 11.6. The standard InChI is InChI=1S/C16H22N4O4/c21-15(22)9-13-11-24-8-7-20(13)16(23)12-1-5-19(6-2-12)14-10-17-3-4-18-14/h3-4,10,12-13H,1-2,5-9,11H2,(H,21,22). The van der Waals surface area contributed by atoms with E-state index in [1.807, 2.05) is 0 Å². The summed E-state index contributed by atoms with van der Waals surface area (Å²) in [6, 6.07) is -0.359. The average Bonchev–Trinajstić information content (AvgIpc) is 2.62. The van der Waals surface area contributed by atoms with E-state index in [2.05, 4.69) is 14.9 Å². The molecule has 0 radical (unpaired) electrons. The lowest BCUT2D eigenvalue weighted by atomic mass is 9.94. The molecule has 0 aromatic carbocycles. The highest BCUT2D eigenvalue weighted by Crippen LogP contribution is 2.25. The van der Waals surface area contributed by atoms with Gasteiger partial charge in [0.05, 0.1) is 31.9 Å². The minimum atomic E-state index is -0.902. The molecule has 1 aromatic rings. The summed E-state index contributed by atoms with van der Waals surface area (Å²) in [6.45, 7) is 2.75. The van der Waals surface area contributed by atoms with Gasteiger partial charge in [0, 0.05) is 37.9 Å². The summed E-state index contributed by atoms with van der Waals surface area (Å²) < 4.78 is 5.34. The Balaban J connectivity index is 1.58. The maximum absolute atomic E-state index is 12.8. The Labute approximate surface area is 140 Å². The highest BCUT2D eigenvalue weighted by molar-refractivity contribution is 5.80. The van der Waals surface area contributed by atoms with Crippen LogP contribution in [-0.2, 0) is 14.3 Å². The molecular formula is C16H22N4O4. The summed E-state index contributed by atoms with van der Waals surface area (Å²) in [6.07, 6.45) is 6.45. The van der Waals surface area contributed by atoms with Gasteiger partial charge in [-0.25, -0.2) is 4.98 Å². The normalized spacial score (nSPS) is 22.4. The van der Waals surface area contributed by atoms with E-state index in [0.717, 1.165) is 31.7 Å². The Bertz CT molecular complexity index is 575. The summed E-state index contributed by atoms with van der Waals surface area (Å²) in [5, 5.41) is 9.02. The summed E-state index contributed by atoms with van der Waals surface area (Å²) in [5.74, 6) is -0.0741. The van der Waals surface area contributed by atoms with E-state index >= 15 is 0 Å². The molecule has 2 aliphatic rings. The molecule has 0 bridgehead atoms. The number of hydrogen-bond acceptors (Lipinski definition) is 6. The number of morpholine rings is 1. The lowest BCUT2D eigenvalue weighted by Gasteiger charge is -2.39. The SMILES string of the molecule is O=C(O)CC1COCCN1C(=O)C1CCN(c2cnccn2)CC1. The third-order valence-corrected chi connectivity index (χ3v) is 4.64. The second-order valence-corrected chi connectivity index (χ2v) is 6.18. The Morgan fingerprint density at radius 2 is 2.04 bits per heavy atom. The molecule has 2 saturated heterocycles. The van der Waals surface area contributed by atoms with Crippen LogP contribution in [0.1, 0.15) is 19.3 Å². The van der Waals surface area contributed by atoms with Crippen LogP contribution < -0.4 is 4.90 Å². The number of carboxylic acid groups (broad SMARTS) is 1. The first-order valence-corrected chi connectivity index (χ1v) is 8.26. The fourth-order valence-corrected chi connectivity index (χ4v) is 3.36. The fraction of sp³-hybridized carbons (Fsp3) is 0.625. The first kappa shape index (κ1) is 16.6. The number of amides is 1. The number of nitrogens with zero attached hydrogens (tertiary/aromatic N) is 4. The van der Waals surface area contributed by atoms with Gasteiger partial charge in [-0.3, -0.25) is 14.6 Å². The minimum Gasteiger partial charge on any atom is -0.481 e. The Hall–Kier alpha value is -2.22. The smallest absolute Gasteiger partial charge is 0.305 e. The monoisotopic (exact) mass is 334 g/mol. The predicted molar refractivity (Wildman–Crippen MR) is 85.5 cm³/mol. The molecule has 0 saturated carbocycles. The topological polar surface area (TPSA) is 95.9 Å². The van der Waals surface area contributed by atoms with Crippen LogP contribution in [-0.4, -0.2) is 70.7 Å². The van der Waals surface area contributed by atoms with Crippen molar-refractivity contribution in [2.45, 2.75) is 25.3 Å². The average molecular weight is 334 g/mol. The van der Waals surface area contributed by atoms with Crippen molar-refractivity contribution in [1.29, 1.82) is 0 Å². The van der Waals surface area contributed by atoms with Crippen LogP contribution in [0.3, 0.4) is 0 Å². The van der Waals surface area contributed by atoms with Crippen LogP contribution in [0.4, 0.5) is 5.82 Å². The van der Waals surface area contributed by atoms with Crippen molar-refractivity contribution in [3.05, 3.63) is 18.6 Å². The first-order valence-electron chi connectivity index (χ1n) is 8.26. The summed E-state index contributed by atoms with van der Waals surface area (Å²) in [7, 11) is 0. The summed E-state index contributed by atoms with van der Waals surface area (Å²) in [4.78, 5) is 36.0.